The summed E-state index contributed by atoms with van der Waals surface area (Å²) < 4.78 is 0.380. The van der Waals surface area contributed by atoms with Crippen LogP contribution in [0.25, 0.3) is 0 Å². The number of nitrogen functional groups attached to an aromatic ring is 1. The normalized spacial score (nSPS) is 9.55. The Morgan fingerprint density at radius 3 is 2.64 bits per heavy atom. The van der Waals surface area contributed by atoms with Crippen LogP contribution in [-0.4, -0.2) is 10.9 Å². The lowest BCUT2D eigenvalue weighted by molar-refractivity contribution is 0.1000. The molecule has 0 bridgehead atoms. The first-order valence-electron chi connectivity index (χ1n) is 2.82. The van der Waals surface area contributed by atoms with E-state index in [0.29, 0.717) is 10.3 Å². The highest BCUT2D eigenvalue weighted by molar-refractivity contribution is 9.10. The van der Waals surface area contributed by atoms with Crippen LogP contribution in [-0.2, 0) is 0 Å². The zero-order valence-electron chi connectivity index (χ0n) is 5.54. The molecule has 1 heterocycles. The van der Waals surface area contributed by atoms with E-state index in [1.165, 1.54) is 12.3 Å². The second-order valence-electron chi connectivity index (χ2n) is 1.93. The molecule has 4 nitrogen and oxygen atoms in total. The number of hydrogen-bond acceptors (Lipinski definition) is 3. The van der Waals surface area contributed by atoms with Crippen LogP contribution >= 0.6 is 15.9 Å². The van der Waals surface area contributed by atoms with E-state index in [-0.39, 0.29) is 5.56 Å². The van der Waals surface area contributed by atoms with E-state index in [2.05, 4.69) is 20.9 Å². The molecule has 0 spiro atoms. The zero-order chi connectivity index (χ0) is 8.43. The van der Waals surface area contributed by atoms with Gasteiger partial charge < -0.3 is 11.5 Å². The molecular formula is C6H6BrN3O. The Balaban J connectivity index is 3.32. The van der Waals surface area contributed by atoms with Gasteiger partial charge in [0, 0.05) is 11.9 Å². The molecule has 1 aromatic rings. The largest absolute Gasteiger partial charge is 0.398 e. The zero-order valence-corrected chi connectivity index (χ0v) is 7.13. The van der Waals surface area contributed by atoms with Gasteiger partial charge in [0.2, 0.25) is 0 Å². The highest BCUT2D eigenvalue weighted by Crippen LogP contribution is 2.18. The molecule has 1 aromatic heterocycles. The maximum atomic E-state index is 10.7. The summed E-state index contributed by atoms with van der Waals surface area (Å²) in [5, 5.41) is 0. The highest BCUT2D eigenvalue weighted by atomic mass is 79.9. The van der Waals surface area contributed by atoms with E-state index in [9.17, 15) is 4.79 Å². The van der Waals surface area contributed by atoms with Crippen LogP contribution in [0.2, 0.25) is 0 Å². The van der Waals surface area contributed by atoms with Gasteiger partial charge in [-0.25, -0.2) is 4.98 Å². The Hall–Kier alpha value is -1.10. The molecule has 0 aliphatic rings. The third-order valence-corrected chi connectivity index (χ3v) is 1.78. The van der Waals surface area contributed by atoms with Gasteiger partial charge in [-0.2, -0.15) is 0 Å². The number of aromatic nitrogens is 1. The van der Waals surface area contributed by atoms with Gasteiger partial charge in [0.1, 0.15) is 4.60 Å². The number of hydrogen-bond donors (Lipinski definition) is 2. The van der Waals surface area contributed by atoms with Crippen molar-refractivity contribution in [3.05, 3.63) is 22.4 Å². The summed E-state index contributed by atoms with van der Waals surface area (Å²) in [6.07, 6.45) is 1.49. The van der Waals surface area contributed by atoms with Gasteiger partial charge in [-0.05, 0) is 22.0 Å². The van der Waals surface area contributed by atoms with Gasteiger partial charge >= 0.3 is 0 Å². The van der Waals surface area contributed by atoms with Crippen LogP contribution in [0.1, 0.15) is 10.4 Å². The number of pyridine rings is 1. The molecule has 1 rings (SSSR count). The fraction of sp³-hybridized carbons (Fsp3) is 0. The monoisotopic (exact) mass is 215 g/mol. The minimum absolute atomic E-state index is 0.229. The predicted molar refractivity (Wildman–Crippen MR) is 44.9 cm³/mol. The number of anilines is 1. The predicted octanol–water partition coefficient (Wildman–Crippen LogP) is 0.525. The molecule has 0 atom stereocenters. The summed E-state index contributed by atoms with van der Waals surface area (Å²) in [7, 11) is 0. The molecule has 0 aromatic carbocycles. The van der Waals surface area contributed by atoms with Crippen molar-refractivity contribution in [3.63, 3.8) is 0 Å². The number of primary amides is 1. The smallest absolute Gasteiger partial charge is 0.253 e. The molecule has 4 N–H and O–H groups in total. The van der Waals surface area contributed by atoms with Crippen molar-refractivity contribution in [1.82, 2.24) is 4.98 Å². The first-order chi connectivity index (χ1) is 5.13. The minimum atomic E-state index is -0.581. The molecule has 0 saturated heterocycles. The number of amides is 1. The van der Waals surface area contributed by atoms with Gasteiger partial charge in [0.05, 0.1) is 5.56 Å². The van der Waals surface area contributed by atoms with Crippen LogP contribution in [0.5, 0.6) is 0 Å². The molecular weight excluding hydrogens is 210 g/mol. The Kier molecular flexibility index (Phi) is 2.09. The molecule has 5 heteroatoms. The van der Waals surface area contributed by atoms with Crippen LogP contribution in [0.15, 0.2) is 16.9 Å². The first-order valence-corrected chi connectivity index (χ1v) is 3.62. The van der Waals surface area contributed by atoms with Gasteiger partial charge in [-0.1, -0.05) is 0 Å². The van der Waals surface area contributed by atoms with Crippen molar-refractivity contribution < 1.29 is 4.79 Å². The summed E-state index contributed by atoms with van der Waals surface area (Å²) in [6.45, 7) is 0. The van der Waals surface area contributed by atoms with Gasteiger partial charge in [-0.15, -0.1) is 0 Å². The maximum Gasteiger partial charge on any atom is 0.253 e. The minimum Gasteiger partial charge on any atom is -0.398 e. The molecule has 11 heavy (non-hydrogen) atoms. The van der Waals surface area contributed by atoms with E-state index in [0.717, 1.165) is 0 Å². The third kappa shape index (κ3) is 1.48. The Labute approximate surface area is 71.7 Å². The van der Waals surface area contributed by atoms with E-state index in [1.54, 1.807) is 0 Å². The molecule has 0 unspecified atom stereocenters. The molecule has 1 amide bonds. The third-order valence-electron chi connectivity index (χ3n) is 1.18. The Morgan fingerprint density at radius 2 is 2.27 bits per heavy atom. The first kappa shape index (κ1) is 8.00. The standard InChI is InChI=1S/C6H6BrN3O/c7-5-4(6(9)11)3(8)1-2-10-5/h1-2H,(H2,8,10)(H2,9,11). The summed E-state index contributed by atoms with van der Waals surface area (Å²) >= 11 is 3.06. The van der Waals surface area contributed by atoms with Gasteiger partial charge in [-0.3, -0.25) is 4.79 Å². The van der Waals surface area contributed by atoms with Crippen molar-refractivity contribution in [2.45, 2.75) is 0 Å². The molecule has 0 aliphatic heterocycles. The summed E-state index contributed by atoms with van der Waals surface area (Å²) in [4.78, 5) is 14.5. The topological polar surface area (TPSA) is 82.0 Å². The quantitative estimate of drug-likeness (QED) is 0.671. The number of carbonyl (C=O) groups excluding carboxylic acids is 1. The van der Waals surface area contributed by atoms with E-state index in [4.69, 9.17) is 11.5 Å². The average Bonchev–Trinajstić information content (AvgIpc) is 1.85. The Morgan fingerprint density at radius 1 is 1.64 bits per heavy atom. The van der Waals surface area contributed by atoms with E-state index in [1.807, 2.05) is 0 Å². The summed E-state index contributed by atoms with van der Waals surface area (Å²) in [5.41, 5.74) is 11.0. The van der Waals surface area contributed by atoms with Crippen molar-refractivity contribution >= 4 is 27.5 Å². The lowest BCUT2D eigenvalue weighted by Gasteiger charge is -2.01. The second-order valence-corrected chi connectivity index (χ2v) is 2.68. The highest BCUT2D eigenvalue weighted by Gasteiger charge is 2.09. The van der Waals surface area contributed by atoms with Crippen LogP contribution in [0, 0.1) is 0 Å². The number of rotatable bonds is 1. The molecule has 58 valence electrons. The van der Waals surface area contributed by atoms with Crippen LogP contribution < -0.4 is 11.5 Å². The fourth-order valence-electron chi connectivity index (χ4n) is 0.694. The van der Waals surface area contributed by atoms with Crippen molar-refractivity contribution in [2.75, 3.05) is 5.73 Å². The lowest BCUT2D eigenvalue weighted by Crippen LogP contribution is -2.14. The maximum absolute atomic E-state index is 10.7. The van der Waals surface area contributed by atoms with Crippen LogP contribution in [0.3, 0.4) is 0 Å². The number of nitrogens with two attached hydrogens (primary N) is 2. The molecule has 0 aliphatic carbocycles. The lowest BCUT2D eigenvalue weighted by atomic mass is 10.2. The number of carbonyl (C=O) groups is 1. The van der Waals surface area contributed by atoms with Gasteiger partial charge in [0.15, 0.2) is 0 Å². The average molecular weight is 216 g/mol. The number of halogens is 1. The summed E-state index contributed by atoms with van der Waals surface area (Å²) in [5.74, 6) is -0.581. The van der Waals surface area contributed by atoms with Crippen molar-refractivity contribution in [2.24, 2.45) is 5.73 Å². The number of nitrogens with zero attached hydrogens (tertiary/aromatic N) is 1. The van der Waals surface area contributed by atoms with Crippen molar-refractivity contribution in [1.29, 1.82) is 0 Å². The molecule has 0 saturated carbocycles. The van der Waals surface area contributed by atoms with E-state index < -0.39 is 5.91 Å². The van der Waals surface area contributed by atoms with Crippen LogP contribution in [0.4, 0.5) is 5.69 Å². The van der Waals surface area contributed by atoms with E-state index >= 15 is 0 Å². The van der Waals surface area contributed by atoms with Gasteiger partial charge in [0.25, 0.3) is 5.91 Å². The fourth-order valence-corrected chi connectivity index (χ4v) is 1.24. The van der Waals surface area contributed by atoms with Crippen molar-refractivity contribution in [3.8, 4) is 0 Å². The molecule has 0 fully saturated rings. The SMILES string of the molecule is NC(=O)c1c(N)ccnc1Br. The Bertz CT molecular complexity index is 280. The second kappa shape index (κ2) is 2.87. The molecule has 0 radical (unpaired) electrons. The summed E-state index contributed by atoms with van der Waals surface area (Å²) in [6, 6.07) is 1.52.